The van der Waals surface area contributed by atoms with Crippen LogP contribution in [0.5, 0.6) is 11.5 Å². The maximum Gasteiger partial charge on any atom is 0.335 e. The molecule has 1 fully saturated rings. The molecule has 1 saturated heterocycles. The lowest BCUT2D eigenvalue weighted by atomic mass is 10.2. The second kappa shape index (κ2) is 9.16. The van der Waals surface area contributed by atoms with E-state index in [4.69, 9.17) is 22.1 Å². The fourth-order valence-electron chi connectivity index (χ4n) is 4.29. The first-order valence-electron chi connectivity index (χ1n) is 11.0. The second-order valence-electron chi connectivity index (χ2n) is 8.02. The fourth-order valence-corrected chi connectivity index (χ4v) is 4.46. The van der Waals surface area contributed by atoms with Crippen molar-refractivity contribution in [1.29, 1.82) is 0 Å². The van der Waals surface area contributed by atoms with Gasteiger partial charge >= 0.3 is 5.69 Å². The highest BCUT2D eigenvalue weighted by molar-refractivity contribution is 6.28. The summed E-state index contributed by atoms with van der Waals surface area (Å²) in [6.07, 6.45) is 0.571. The number of nitrogens with zero attached hydrogens (tertiary/aromatic N) is 5. The minimum Gasteiger partial charge on any atom is -0.457 e. The minimum absolute atomic E-state index is 0.0599. The Morgan fingerprint density at radius 1 is 1.11 bits per heavy atom. The SMILES string of the molecule is CC#CC(=O)N1CCC(n2c(=O)n(-c3ccc(Oc4ccccc4)cc3)c3c(N)nc(Cl)nc32)C1. The maximum absolute atomic E-state index is 13.7. The number of rotatable bonds is 4. The van der Waals surface area contributed by atoms with E-state index in [-0.39, 0.29) is 28.7 Å². The standard InChI is InChI=1S/C25H21ClN6O3/c1-2-6-20(33)30-14-13-17(15-30)32-23-21(22(27)28-24(26)29-23)31(25(32)34)16-9-11-19(12-10-16)35-18-7-4-3-5-8-18/h3-5,7-12,17H,13-15H2,1H3,(H2,27,28,29). The van der Waals surface area contributed by atoms with Crippen LogP contribution in [0.4, 0.5) is 5.82 Å². The summed E-state index contributed by atoms with van der Waals surface area (Å²) in [7, 11) is 0. The normalized spacial score (nSPS) is 15.1. The lowest BCUT2D eigenvalue weighted by Crippen LogP contribution is -2.31. The van der Waals surface area contributed by atoms with Crippen molar-refractivity contribution < 1.29 is 9.53 Å². The van der Waals surface area contributed by atoms with E-state index in [0.717, 1.165) is 0 Å². The van der Waals surface area contributed by atoms with Crippen molar-refractivity contribution >= 4 is 34.5 Å². The third-order valence-corrected chi connectivity index (χ3v) is 6.00. The number of ether oxygens (including phenoxy) is 1. The summed E-state index contributed by atoms with van der Waals surface area (Å²) >= 11 is 6.10. The number of carbonyl (C=O) groups is 1. The van der Waals surface area contributed by atoms with Crippen LogP contribution >= 0.6 is 11.6 Å². The molecule has 2 aromatic carbocycles. The van der Waals surface area contributed by atoms with Crippen LogP contribution in [-0.2, 0) is 4.79 Å². The van der Waals surface area contributed by atoms with Crippen LogP contribution in [0.15, 0.2) is 59.4 Å². The minimum atomic E-state index is -0.346. The summed E-state index contributed by atoms with van der Waals surface area (Å²) in [6, 6.07) is 16.2. The molecule has 1 atom stereocenters. The molecule has 1 aliphatic heterocycles. The molecule has 2 N–H and O–H groups in total. The predicted molar refractivity (Wildman–Crippen MR) is 133 cm³/mol. The number of likely N-dealkylation sites (tertiary alicyclic amines) is 1. The number of halogens is 1. The maximum atomic E-state index is 13.7. The number of nitrogens with two attached hydrogens (primary N) is 1. The Kier molecular flexibility index (Phi) is 5.89. The average Bonchev–Trinajstić information content (AvgIpc) is 3.43. The highest BCUT2D eigenvalue weighted by atomic mass is 35.5. The molecule has 9 nitrogen and oxygen atoms in total. The molecule has 1 aliphatic rings. The lowest BCUT2D eigenvalue weighted by molar-refractivity contribution is -0.124. The van der Waals surface area contributed by atoms with Crippen molar-refractivity contribution in [2.75, 3.05) is 18.8 Å². The molecule has 1 unspecified atom stereocenters. The van der Waals surface area contributed by atoms with Gasteiger partial charge in [-0.05, 0) is 67.3 Å². The van der Waals surface area contributed by atoms with Crippen LogP contribution < -0.4 is 16.2 Å². The molecule has 10 heteroatoms. The van der Waals surface area contributed by atoms with Crippen LogP contribution in [-0.4, -0.2) is 43.0 Å². The van der Waals surface area contributed by atoms with Gasteiger partial charge in [-0.1, -0.05) is 24.1 Å². The smallest absolute Gasteiger partial charge is 0.335 e. The van der Waals surface area contributed by atoms with E-state index in [0.29, 0.717) is 47.9 Å². The number of fused-ring (bicyclic) bond motifs is 1. The van der Waals surface area contributed by atoms with Crippen LogP contribution in [0.2, 0.25) is 5.28 Å². The van der Waals surface area contributed by atoms with Gasteiger partial charge in [0, 0.05) is 13.1 Å². The Bertz CT molecular complexity index is 1530. The number of nitrogen functional groups attached to an aromatic ring is 1. The number of carbonyl (C=O) groups excluding carboxylic acids is 1. The molecular formula is C25H21ClN6O3. The van der Waals surface area contributed by atoms with E-state index >= 15 is 0 Å². The summed E-state index contributed by atoms with van der Waals surface area (Å²) in [6.45, 7) is 2.43. The molecule has 5 rings (SSSR count). The van der Waals surface area contributed by atoms with Gasteiger partial charge in [0.1, 0.15) is 17.0 Å². The summed E-state index contributed by atoms with van der Waals surface area (Å²) in [5, 5.41) is -0.0599. The van der Waals surface area contributed by atoms with Gasteiger partial charge in [-0.15, -0.1) is 0 Å². The molecule has 35 heavy (non-hydrogen) atoms. The quantitative estimate of drug-likeness (QED) is 0.348. The summed E-state index contributed by atoms with van der Waals surface area (Å²) < 4.78 is 8.86. The lowest BCUT2D eigenvalue weighted by Gasteiger charge is -2.14. The Hall–Kier alpha value is -4.29. The molecule has 176 valence electrons. The van der Waals surface area contributed by atoms with Crippen molar-refractivity contribution in [3.05, 3.63) is 70.4 Å². The van der Waals surface area contributed by atoms with E-state index < -0.39 is 0 Å². The van der Waals surface area contributed by atoms with Crippen LogP contribution in [0.3, 0.4) is 0 Å². The topological polar surface area (TPSA) is 108 Å². The summed E-state index contributed by atoms with van der Waals surface area (Å²) in [5.74, 6) is 6.31. The Balaban J connectivity index is 1.57. The van der Waals surface area contributed by atoms with Crippen LogP contribution in [0.1, 0.15) is 19.4 Å². The zero-order valence-corrected chi connectivity index (χ0v) is 19.6. The number of hydrogen-bond acceptors (Lipinski definition) is 6. The van der Waals surface area contributed by atoms with E-state index in [1.54, 1.807) is 40.7 Å². The molecule has 0 saturated carbocycles. The van der Waals surface area contributed by atoms with Gasteiger partial charge in [0.2, 0.25) is 5.28 Å². The molecule has 2 aromatic heterocycles. The molecule has 4 aromatic rings. The van der Waals surface area contributed by atoms with Crippen LogP contribution in [0.25, 0.3) is 16.9 Å². The number of para-hydroxylation sites is 1. The van der Waals surface area contributed by atoms with Crippen molar-refractivity contribution in [2.45, 2.75) is 19.4 Å². The van der Waals surface area contributed by atoms with Gasteiger partial charge in [-0.3, -0.25) is 13.9 Å². The van der Waals surface area contributed by atoms with Crippen LogP contribution in [0, 0.1) is 11.8 Å². The molecule has 1 amide bonds. The van der Waals surface area contributed by atoms with Gasteiger partial charge in [0.15, 0.2) is 11.5 Å². The zero-order chi connectivity index (χ0) is 24.5. The second-order valence-corrected chi connectivity index (χ2v) is 8.35. The van der Waals surface area contributed by atoms with Gasteiger partial charge in [0.25, 0.3) is 5.91 Å². The number of aromatic nitrogens is 4. The molecule has 0 radical (unpaired) electrons. The number of hydrogen-bond donors (Lipinski definition) is 1. The monoisotopic (exact) mass is 488 g/mol. The predicted octanol–water partition coefficient (Wildman–Crippen LogP) is 3.41. The number of benzene rings is 2. The van der Waals surface area contributed by atoms with E-state index in [1.807, 2.05) is 30.3 Å². The zero-order valence-electron chi connectivity index (χ0n) is 18.8. The Labute approximate surface area is 205 Å². The third kappa shape index (κ3) is 4.20. The molecule has 0 bridgehead atoms. The van der Waals surface area contributed by atoms with Gasteiger partial charge < -0.3 is 15.4 Å². The average molecular weight is 489 g/mol. The Morgan fingerprint density at radius 2 is 1.83 bits per heavy atom. The highest BCUT2D eigenvalue weighted by Gasteiger charge is 2.32. The van der Waals surface area contributed by atoms with E-state index in [9.17, 15) is 9.59 Å². The van der Waals surface area contributed by atoms with Crippen molar-refractivity contribution in [1.82, 2.24) is 24.0 Å². The Morgan fingerprint density at radius 3 is 2.54 bits per heavy atom. The first-order valence-corrected chi connectivity index (χ1v) is 11.3. The fraction of sp³-hybridized carbons (Fsp3) is 0.200. The van der Waals surface area contributed by atoms with Crippen molar-refractivity contribution in [2.24, 2.45) is 0 Å². The first-order chi connectivity index (χ1) is 17.0. The largest absolute Gasteiger partial charge is 0.457 e. The molecular weight excluding hydrogens is 468 g/mol. The molecule has 0 spiro atoms. The third-order valence-electron chi connectivity index (χ3n) is 5.84. The highest BCUT2D eigenvalue weighted by Crippen LogP contribution is 2.29. The first kappa shape index (κ1) is 22.5. The number of anilines is 1. The van der Waals surface area contributed by atoms with Gasteiger partial charge in [-0.2, -0.15) is 9.97 Å². The summed E-state index contributed by atoms with van der Waals surface area (Å²) in [4.78, 5) is 36.0. The van der Waals surface area contributed by atoms with E-state index in [1.165, 1.54) is 4.57 Å². The molecule has 3 heterocycles. The van der Waals surface area contributed by atoms with Gasteiger partial charge in [0.05, 0.1) is 11.7 Å². The van der Waals surface area contributed by atoms with E-state index in [2.05, 4.69) is 21.8 Å². The van der Waals surface area contributed by atoms with Gasteiger partial charge in [-0.25, -0.2) is 4.79 Å². The number of amides is 1. The van der Waals surface area contributed by atoms with Crippen molar-refractivity contribution in [3.63, 3.8) is 0 Å². The van der Waals surface area contributed by atoms with Crippen molar-refractivity contribution in [3.8, 4) is 29.0 Å². The number of imidazole rings is 1. The molecule has 0 aliphatic carbocycles. The summed E-state index contributed by atoms with van der Waals surface area (Å²) in [5.41, 5.74) is 7.10.